The molecule has 1 aliphatic heterocycles. The Morgan fingerprint density at radius 2 is 2.00 bits per heavy atom. The van der Waals surface area contributed by atoms with E-state index >= 15 is 0 Å². The van der Waals surface area contributed by atoms with Gasteiger partial charge in [-0.25, -0.2) is 0 Å². The van der Waals surface area contributed by atoms with Crippen molar-refractivity contribution in [2.75, 3.05) is 18.0 Å². The van der Waals surface area contributed by atoms with Crippen LogP contribution in [0.4, 0.5) is 5.69 Å². The minimum absolute atomic E-state index is 0.276. The van der Waals surface area contributed by atoms with E-state index in [-0.39, 0.29) is 6.10 Å². The molecule has 0 bridgehead atoms. The van der Waals surface area contributed by atoms with Gasteiger partial charge >= 0.3 is 0 Å². The van der Waals surface area contributed by atoms with Gasteiger partial charge in [-0.15, -0.1) is 0 Å². The molecule has 106 valence electrons. The summed E-state index contributed by atoms with van der Waals surface area (Å²) >= 11 is 0. The van der Waals surface area contributed by atoms with E-state index in [1.54, 1.807) is 0 Å². The number of nitrogens with zero attached hydrogens (tertiary/aromatic N) is 1. The normalized spacial score (nSPS) is 18.4. The Hall–Kier alpha value is -1.22. The van der Waals surface area contributed by atoms with Crippen molar-refractivity contribution in [2.24, 2.45) is 5.73 Å². The van der Waals surface area contributed by atoms with E-state index in [0.29, 0.717) is 6.04 Å². The zero-order chi connectivity index (χ0) is 13.7. The fourth-order valence-electron chi connectivity index (χ4n) is 2.64. The number of para-hydroxylation sites is 2. The van der Waals surface area contributed by atoms with E-state index in [1.165, 1.54) is 5.69 Å². The highest BCUT2D eigenvalue weighted by atomic mass is 16.5. The third-order valence-electron chi connectivity index (χ3n) is 3.77. The second-order valence-corrected chi connectivity index (χ2v) is 5.51. The molecule has 0 spiro atoms. The van der Waals surface area contributed by atoms with Crippen molar-refractivity contribution < 1.29 is 4.74 Å². The fourth-order valence-corrected chi connectivity index (χ4v) is 2.64. The number of nitrogens with two attached hydrogens (primary N) is 1. The van der Waals surface area contributed by atoms with Crippen LogP contribution in [0.25, 0.3) is 0 Å². The molecule has 1 atom stereocenters. The summed E-state index contributed by atoms with van der Waals surface area (Å²) in [6, 6.07) is 8.73. The van der Waals surface area contributed by atoms with E-state index < -0.39 is 0 Å². The molecular formula is C16H26N2O. The van der Waals surface area contributed by atoms with Gasteiger partial charge in [-0.3, -0.25) is 0 Å². The molecule has 1 aliphatic rings. The topological polar surface area (TPSA) is 38.5 Å². The summed E-state index contributed by atoms with van der Waals surface area (Å²) in [6.07, 6.45) is 4.66. The van der Waals surface area contributed by atoms with Crippen LogP contribution in [-0.2, 0) is 0 Å². The lowest BCUT2D eigenvalue weighted by molar-refractivity contribution is 0.210. The summed E-state index contributed by atoms with van der Waals surface area (Å²) in [7, 11) is 0. The molecule has 2 N–H and O–H groups in total. The van der Waals surface area contributed by atoms with Crippen LogP contribution in [-0.4, -0.2) is 25.2 Å². The molecule has 3 heteroatoms. The van der Waals surface area contributed by atoms with E-state index in [0.717, 1.165) is 44.5 Å². The number of rotatable bonds is 5. The predicted molar refractivity (Wildman–Crippen MR) is 80.9 cm³/mol. The molecule has 1 saturated heterocycles. The molecule has 1 aromatic carbocycles. The summed E-state index contributed by atoms with van der Waals surface area (Å²) < 4.78 is 6.09. The maximum atomic E-state index is 6.09. The summed E-state index contributed by atoms with van der Waals surface area (Å²) in [4.78, 5) is 2.40. The van der Waals surface area contributed by atoms with Crippen LogP contribution in [0.3, 0.4) is 0 Å². The van der Waals surface area contributed by atoms with E-state index in [2.05, 4.69) is 36.9 Å². The van der Waals surface area contributed by atoms with Gasteiger partial charge in [0.15, 0.2) is 0 Å². The molecule has 1 fully saturated rings. The van der Waals surface area contributed by atoms with Crippen molar-refractivity contribution in [3.63, 3.8) is 0 Å². The Bertz CT molecular complexity index is 386. The Balaban J connectivity index is 2.07. The lowest BCUT2D eigenvalue weighted by atomic mass is 10.1. The van der Waals surface area contributed by atoms with E-state index in [9.17, 15) is 0 Å². The van der Waals surface area contributed by atoms with Crippen LogP contribution in [0.1, 0.15) is 39.5 Å². The van der Waals surface area contributed by atoms with Gasteiger partial charge in [0.05, 0.1) is 11.8 Å². The van der Waals surface area contributed by atoms with Crippen LogP contribution in [0.2, 0.25) is 0 Å². The van der Waals surface area contributed by atoms with E-state index in [4.69, 9.17) is 10.5 Å². The maximum Gasteiger partial charge on any atom is 0.142 e. The third-order valence-corrected chi connectivity index (χ3v) is 3.77. The Kier molecular flexibility index (Phi) is 5.08. The highest BCUT2D eigenvalue weighted by molar-refractivity contribution is 5.58. The number of hydrogen-bond acceptors (Lipinski definition) is 3. The Labute approximate surface area is 116 Å². The van der Waals surface area contributed by atoms with Gasteiger partial charge in [-0.2, -0.15) is 0 Å². The van der Waals surface area contributed by atoms with Crippen LogP contribution in [0, 0.1) is 0 Å². The summed E-state index contributed by atoms with van der Waals surface area (Å²) in [5.41, 5.74) is 7.20. The van der Waals surface area contributed by atoms with Crippen LogP contribution >= 0.6 is 0 Å². The van der Waals surface area contributed by atoms with Crippen molar-refractivity contribution in [3.8, 4) is 5.75 Å². The lowest BCUT2D eigenvalue weighted by Crippen LogP contribution is -2.39. The monoisotopic (exact) mass is 262 g/mol. The fraction of sp³-hybridized carbons (Fsp3) is 0.625. The first-order valence-electron chi connectivity index (χ1n) is 7.47. The number of ether oxygens (including phenoxy) is 1. The van der Waals surface area contributed by atoms with Crippen LogP contribution in [0.5, 0.6) is 5.75 Å². The quantitative estimate of drug-likeness (QED) is 0.885. The first-order valence-corrected chi connectivity index (χ1v) is 7.47. The molecule has 2 rings (SSSR count). The molecule has 19 heavy (non-hydrogen) atoms. The SMILES string of the molecule is CCCC(C)Oc1ccccc1N1CCC(N)CC1. The Morgan fingerprint density at radius 1 is 1.32 bits per heavy atom. The molecular weight excluding hydrogens is 236 g/mol. The zero-order valence-electron chi connectivity index (χ0n) is 12.1. The van der Waals surface area contributed by atoms with Crippen molar-refractivity contribution in [2.45, 2.75) is 51.7 Å². The van der Waals surface area contributed by atoms with Gasteiger partial charge in [0.25, 0.3) is 0 Å². The van der Waals surface area contributed by atoms with Crippen molar-refractivity contribution in [3.05, 3.63) is 24.3 Å². The highest BCUT2D eigenvalue weighted by Gasteiger charge is 2.19. The largest absolute Gasteiger partial charge is 0.489 e. The van der Waals surface area contributed by atoms with E-state index in [1.807, 2.05) is 6.07 Å². The summed E-state index contributed by atoms with van der Waals surface area (Å²) in [6.45, 7) is 6.40. The smallest absolute Gasteiger partial charge is 0.142 e. The summed E-state index contributed by atoms with van der Waals surface area (Å²) in [5, 5.41) is 0. The van der Waals surface area contributed by atoms with Crippen LogP contribution in [0.15, 0.2) is 24.3 Å². The molecule has 0 saturated carbocycles. The molecule has 0 radical (unpaired) electrons. The van der Waals surface area contributed by atoms with Crippen LogP contribution < -0.4 is 15.4 Å². The third kappa shape index (κ3) is 3.87. The maximum absolute atomic E-state index is 6.09. The Morgan fingerprint density at radius 3 is 2.68 bits per heavy atom. The standard InChI is InChI=1S/C16H26N2O/c1-3-6-13(2)19-16-8-5-4-7-15(16)18-11-9-14(17)10-12-18/h4-5,7-8,13-14H,3,6,9-12,17H2,1-2H3. The van der Waals surface area contributed by atoms with Gasteiger partial charge in [-0.05, 0) is 38.3 Å². The second-order valence-electron chi connectivity index (χ2n) is 5.51. The second kappa shape index (κ2) is 6.80. The van der Waals surface area contributed by atoms with Gasteiger partial charge in [0, 0.05) is 19.1 Å². The average Bonchev–Trinajstić information content (AvgIpc) is 2.41. The van der Waals surface area contributed by atoms with Crippen molar-refractivity contribution in [1.29, 1.82) is 0 Å². The molecule has 0 amide bonds. The van der Waals surface area contributed by atoms with Gasteiger partial charge in [0.2, 0.25) is 0 Å². The number of piperidine rings is 1. The molecule has 1 heterocycles. The van der Waals surface area contributed by atoms with Crippen molar-refractivity contribution >= 4 is 5.69 Å². The first-order chi connectivity index (χ1) is 9.20. The minimum Gasteiger partial charge on any atom is -0.489 e. The molecule has 0 aromatic heterocycles. The molecule has 3 nitrogen and oxygen atoms in total. The molecule has 1 unspecified atom stereocenters. The lowest BCUT2D eigenvalue weighted by Gasteiger charge is -2.33. The molecule has 1 aromatic rings. The first kappa shape index (κ1) is 14.2. The number of benzene rings is 1. The van der Waals surface area contributed by atoms with Gasteiger partial charge < -0.3 is 15.4 Å². The molecule has 0 aliphatic carbocycles. The minimum atomic E-state index is 0.276. The highest BCUT2D eigenvalue weighted by Crippen LogP contribution is 2.31. The van der Waals surface area contributed by atoms with Gasteiger partial charge in [-0.1, -0.05) is 25.5 Å². The zero-order valence-corrected chi connectivity index (χ0v) is 12.1. The predicted octanol–water partition coefficient (Wildman–Crippen LogP) is 3.18. The van der Waals surface area contributed by atoms with Crippen molar-refractivity contribution in [1.82, 2.24) is 0 Å². The number of anilines is 1. The number of hydrogen-bond donors (Lipinski definition) is 1. The summed E-state index contributed by atoms with van der Waals surface area (Å²) in [5.74, 6) is 1.01. The average molecular weight is 262 g/mol. The van der Waals surface area contributed by atoms with Gasteiger partial charge in [0.1, 0.15) is 5.75 Å².